The van der Waals surface area contributed by atoms with Crippen LogP contribution in [0.3, 0.4) is 0 Å². The normalized spacial score (nSPS) is 11.1. The molecular weight excluding hydrogens is 464 g/mol. The van der Waals surface area contributed by atoms with Gasteiger partial charge in [-0.15, -0.1) is 0 Å². The van der Waals surface area contributed by atoms with Crippen molar-refractivity contribution in [3.05, 3.63) is 89.9 Å². The van der Waals surface area contributed by atoms with Gasteiger partial charge in [0.05, 0.1) is 40.1 Å². The van der Waals surface area contributed by atoms with Crippen molar-refractivity contribution in [1.82, 2.24) is 14.8 Å². The minimum absolute atomic E-state index is 0.0374. The van der Waals surface area contributed by atoms with Gasteiger partial charge in [-0.3, -0.25) is 14.5 Å². The van der Waals surface area contributed by atoms with Crippen molar-refractivity contribution in [1.29, 1.82) is 5.26 Å². The maximum Gasteiger partial charge on any atom is 0.260 e. The average molecular weight is 487 g/mol. The van der Waals surface area contributed by atoms with E-state index in [-0.39, 0.29) is 17.1 Å². The molecule has 0 atom stereocenters. The number of amides is 1. The van der Waals surface area contributed by atoms with Gasteiger partial charge in [0, 0.05) is 36.9 Å². The molecule has 176 valence electrons. The summed E-state index contributed by atoms with van der Waals surface area (Å²) in [4.78, 5) is 19.0. The van der Waals surface area contributed by atoms with Crippen LogP contribution in [0.1, 0.15) is 21.5 Å². The maximum absolute atomic E-state index is 13.5. The van der Waals surface area contributed by atoms with E-state index in [0.717, 1.165) is 6.26 Å². The summed E-state index contributed by atoms with van der Waals surface area (Å²) < 4.78 is 26.5. The van der Waals surface area contributed by atoms with Gasteiger partial charge >= 0.3 is 0 Å². The number of rotatable bonds is 6. The molecule has 4 rings (SSSR count). The van der Waals surface area contributed by atoms with Crippen LogP contribution in [0.15, 0.2) is 78.1 Å². The molecule has 0 saturated carbocycles. The van der Waals surface area contributed by atoms with Gasteiger partial charge in [0.15, 0.2) is 9.84 Å². The van der Waals surface area contributed by atoms with Crippen LogP contribution in [0, 0.1) is 11.3 Å². The van der Waals surface area contributed by atoms with Crippen molar-refractivity contribution >= 4 is 27.1 Å². The first kappa shape index (κ1) is 23.7. The number of hydrogen-bond donors (Lipinski definition) is 1. The van der Waals surface area contributed by atoms with Gasteiger partial charge < -0.3 is 10.6 Å². The van der Waals surface area contributed by atoms with Crippen LogP contribution in [-0.2, 0) is 23.4 Å². The third-order valence-electron chi connectivity index (χ3n) is 5.48. The molecule has 0 aliphatic rings. The van der Waals surface area contributed by atoms with Crippen molar-refractivity contribution < 1.29 is 13.2 Å². The Morgan fingerprint density at radius 3 is 2.57 bits per heavy atom. The Hall–Kier alpha value is -4.49. The Balaban J connectivity index is 1.79. The summed E-state index contributed by atoms with van der Waals surface area (Å²) in [5.41, 5.74) is 9.59. The molecule has 35 heavy (non-hydrogen) atoms. The van der Waals surface area contributed by atoms with Gasteiger partial charge in [0.25, 0.3) is 5.91 Å². The molecule has 0 unspecified atom stereocenters. The highest BCUT2D eigenvalue weighted by Crippen LogP contribution is 2.32. The largest absolute Gasteiger partial charge is 0.398 e. The number of nitrogen functional groups attached to an aromatic ring is 1. The Bertz CT molecular complexity index is 1560. The van der Waals surface area contributed by atoms with Gasteiger partial charge in [-0.1, -0.05) is 24.3 Å². The molecule has 0 aliphatic carbocycles. The smallest absolute Gasteiger partial charge is 0.260 e. The summed E-state index contributed by atoms with van der Waals surface area (Å²) in [6, 6.07) is 17.0. The van der Waals surface area contributed by atoms with E-state index in [0.29, 0.717) is 33.6 Å². The van der Waals surface area contributed by atoms with Crippen molar-refractivity contribution in [3.63, 3.8) is 0 Å². The molecule has 1 amide bonds. The fraction of sp³-hybridized carbons (Fsp3) is 0.120. The molecule has 2 heterocycles. The molecule has 0 aliphatic heterocycles. The van der Waals surface area contributed by atoms with Crippen molar-refractivity contribution in [2.75, 3.05) is 16.9 Å². The van der Waals surface area contributed by atoms with Crippen LogP contribution in [0.5, 0.6) is 0 Å². The molecule has 0 bridgehead atoms. The van der Waals surface area contributed by atoms with Gasteiger partial charge in [-0.2, -0.15) is 10.4 Å². The number of pyridine rings is 1. The molecular formula is C25H22N6O3S. The zero-order valence-corrected chi connectivity index (χ0v) is 19.9. The number of aryl methyl sites for hydroxylation is 1. The molecule has 0 spiro atoms. The SMILES string of the molecule is Cn1ncc(C#N)c1-c1ccc(CN(C(=O)c2cccnc2)c2ccccc2S(C)(=O)=O)cc1N. The van der Waals surface area contributed by atoms with Crippen LogP contribution in [0.2, 0.25) is 0 Å². The van der Waals surface area contributed by atoms with Crippen LogP contribution >= 0.6 is 0 Å². The lowest BCUT2D eigenvalue weighted by Gasteiger charge is -2.25. The number of hydrogen-bond acceptors (Lipinski definition) is 7. The number of sulfone groups is 1. The predicted octanol–water partition coefficient (Wildman–Crippen LogP) is 3.19. The van der Waals surface area contributed by atoms with Crippen LogP contribution in [0.4, 0.5) is 11.4 Å². The second-order valence-corrected chi connectivity index (χ2v) is 9.92. The Morgan fingerprint density at radius 1 is 1.14 bits per heavy atom. The molecule has 2 N–H and O–H groups in total. The first-order chi connectivity index (χ1) is 16.7. The molecule has 2 aromatic heterocycles. The fourth-order valence-corrected chi connectivity index (χ4v) is 4.74. The fourth-order valence-electron chi connectivity index (χ4n) is 3.85. The molecule has 9 nitrogen and oxygen atoms in total. The van der Waals surface area contributed by atoms with Gasteiger partial charge in [-0.05, 0) is 35.9 Å². The second-order valence-electron chi connectivity index (χ2n) is 7.94. The van der Waals surface area contributed by atoms with Crippen molar-refractivity contribution in [2.24, 2.45) is 7.05 Å². The first-order valence-electron chi connectivity index (χ1n) is 10.5. The highest BCUT2D eigenvalue weighted by Gasteiger charge is 2.25. The quantitative estimate of drug-likeness (QED) is 0.414. The second kappa shape index (κ2) is 9.40. The third-order valence-corrected chi connectivity index (χ3v) is 6.62. The highest BCUT2D eigenvalue weighted by molar-refractivity contribution is 7.90. The van der Waals surface area contributed by atoms with Gasteiger partial charge in [0.2, 0.25) is 0 Å². The molecule has 0 radical (unpaired) electrons. The topological polar surface area (TPSA) is 135 Å². The Morgan fingerprint density at radius 2 is 1.91 bits per heavy atom. The van der Waals surface area contributed by atoms with Gasteiger partial charge in [0.1, 0.15) is 6.07 Å². The summed E-state index contributed by atoms with van der Waals surface area (Å²) in [7, 11) is -1.90. The van der Waals surface area contributed by atoms with Crippen molar-refractivity contribution in [2.45, 2.75) is 11.4 Å². The molecule has 4 aromatic rings. The third kappa shape index (κ3) is 4.76. The summed E-state index contributed by atoms with van der Waals surface area (Å²) in [6.45, 7) is 0.0568. The van der Waals surface area contributed by atoms with E-state index >= 15 is 0 Å². The number of carbonyl (C=O) groups excluding carboxylic acids is 1. The number of nitrogens with two attached hydrogens (primary N) is 1. The van der Waals surface area contributed by atoms with E-state index < -0.39 is 15.7 Å². The monoisotopic (exact) mass is 486 g/mol. The van der Waals surface area contributed by atoms with Gasteiger partial charge in [-0.25, -0.2) is 8.42 Å². The molecule has 2 aromatic carbocycles. The molecule has 10 heteroatoms. The summed E-state index contributed by atoms with van der Waals surface area (Å²) in [6.07, 6.45) is 5.56. The van der Waals surface area contributed by atoms with E-state index in [4.69, 9.17) is 5.73 Å². The lowest BCUT2D eigenvalue weighted by Crippen LogP contribution is -2.31. The highest BCUT2D eigenvalue weighted by atomic mass is 32.2. The van der Waals surface area contributed by atoms with E-state index in [1.807, 2.05) is 0 Å². The first-order valence-corrected chi connectivity index (χ1v) is 12.4. The number of nitriles is 1. The molecule has 0 fully saturated rings. The number of anilines is 2. The lowest BCUT2D eigenvalue weighted by molar-refractivity contribution is 0.0984. The standard InChI is InChI=1S/C25H22N6O3S/c1-30-24(19(13-26)15-29-30)20-10-9-17(12-21(20)27)16-31(25(32)18-6-5-11-28-14-18)22-7-3-4-8-23(22)35(2,33)34/h3-12,14-15H,16,27H2,1-2H3. The van der Waals surface area contributed by atoms with E-state index in [1.165, 1.54) is 23.4 Å². The van der Waals surface area contributed by atoms with E-state index in [2.05, 4.69) is 16.2 Å². The van der Waals surface area contributed by atoms with Crippen LogP contribution in [0.25, 0.3) is 11.3 Å². The number of benzene rings is 2. The summed E-state index contributed by atoms with van der Waals surface area (Å²) in [5.74, 6) is -0.407. The molecule has 0 saturated heterocycles. The van der Waals surface area contributed by atoms with Crippen LogP contribution in [-0.4, -0.2) is 35.3 Å². The number of aromatic nitrogens is 3. The predicted molar refractivity (Wildman–Crippen MR) is 132 cm³/mol. The van der Waals surface area contributed by atoms with E-state index in [9.17, 15) is 18.5 Å². The van der Waals surface area contributed by atoms with Crippen LogP contribution < -0.4 is 10.6 Å². The minimum Gasteiger partial charge on any atom is -0.398 e. The number of para-hydroxylation sites is 1. The number of carbonyl (C=O) groups is 1. The Labute approximate surface area is 203 Å². The minimum atomic E-state index is -3.62. The average Bonchev–Trinajstić information content (AvgIpc) is 3.22. The Kier molecular flexibility index (Phi) is 6.36. The van der Waals surface area contributed by atoms with Crippen molar-refractivity contribution in [3.8, 4) is 17.3 Å². The maximum atomic E-state index is 13.5. The lowest BCUT2D eigenvalue weighted by atomic mass is 10.0. The number of nitrogens with zero attached hydrogens (tertiary/aromatic N) is 5. The van der Waals surface area contributed by atoms with E-state index in [1.54, 1.807) is 66.5 Å². The summed E-state index contributed by atoms with van der Waals surface area (Å²) >= 11 is 0. The zero-order chi connectivity index (χ0) is 25.2. The summed E-state index contributed by atoms with van der Waals surface area (Å²) in [5, 5.41) is 13.5. The zero-order valence-electron chi connectivity index (χ0n) is 19.1.